The third kappa shape index (κ3) is 3.83. The number of carboxylic acid groups (broad SMARTS) is 1. The van der Waals surface area contributed by atoms with Gasteiger partial charge in [-0.1, -0.05) is 0 Å². The van der Waals surface area contributed by atoms with E-state index in [1.165, 1.54) is 0 Å². The van der Waals surface area contributed by atoms with E-state index in [-0.39, 0.29) is 44.0 Å². The predicted octanol–water partition coefficient (Wildman–Crippen LogP) is 2.19. The third-order valence-electron chi connectivity index (χ3n) is 3.03. The Balaban J connectivity index is 0.00000225. The van der Waals surface area contributed by atoms with Gasteiger partial charge in [-0.15, -0.1) is 12.4 Å². The fraction of sp³-hybridized carbons (Fsp3) is 0.889. The van der Waals surface area contributed by atoms with Crippen molar-refractivity contribution in [1.29, 1.82) is 0 Å². The molecule has 0 amide bonds. The van der Waals surface area contributed by atoms with E-state index >= 15 is 0 Å². The molecule has 0 aliphatic heterocycles. The maximum atomic E-state index is 12.3. The zero-order valence-electron chi connectivity index (χ0n) is 8.54. The van der Waals surface area contributed by atoms with Gasteiger partial charge in [0, 0.05) is 0 Å². The molecule has 1 aliphatic carbocycles. The lowest BCUT2D eigenvalue weighted by Gasteiger charge is -2.31. The van der Waals surface area contributed by atoms with Crippen LogP contribution in [0.2, 0.25) is 0 Å². The number of carboxylic acids is 1. The summed E-state index contributed by atoms with van der Waals surface area (Å²) in [7, 11) is 0. The van der Waals surface area contributed by atoms with Crippen LogP contribution in [0.4, 0.5) is 13.2 Å². The molecule has 1 aliphatic rings. The van der Waals surface area contributed by atoms with Crippen LogP contribution in [0, 0.1) is 11.8 Å². The number of alkyl halides is 3. The second-order valence-electron chi connectivity index (χ2n) is 4.02. The number of aliphatic carboxylic acids is 1. The normalized spacial score (nSPS) is 28.0. The molecule has 0 saturated heterocycles. The average Bonchev–Trinajstić information content (AvgIpc) is 2.15. The van der Waals surface area contributed by atoms with Gasteiger partial charge in [0.1, 0.15) is 6.04 Å². The minimum absolute atomic E-state index is 0. The van der Waals surface area contributed by atoms with Crippen LogP contribution in [0.15, 0.2) is 0 Å². The van der Waals surface area contributed by atoms with Gasteiger partial charge in [-0.25, -0.2) is 0 Å². The molecular weight excluding hydrogens is 247 g/mol. The largest absolute Gasteiger partial charge is 0.480 e. The fourth-order valence-electron chi connectivity index (χ4n) is 2.01. The summed E-state index contributed by atoms with van der Waals surface area (Å²) in [6.45, 7) is 0. The van der Waals surface area contributed by atoms with Crippen molar-refractivity contribution in [3.05, 3.63) is 0 Å². The second-order valence-corrected chi connectivity index (χ2v) is 4.02. The highest BCUT2D eigenvalue weighted by molar-refractivity contribution is 5.85. The number of nitrogens with two attached hydrogens (primary N) is 1. The van der Waals surface area contributed by atoms with Gasteiger partial charge in [-0.2, -0.15) is 13.2 Å². The van der Waals surface area contributed by atoms with Crippen molar-refractivity contribution in [2.24, 2.45) is 17.6 Å². The smallest absolute Gasteiger partial charge is 0.391 e. The minimum Gasteiger partial charge on any atom is -0.480 e. The number of halogens is 4. The Bertz CT molecular complexity index is 239. The van der Waals surface area contributed by atoms with Crippen LogP contribution in [-0.4, -0.2) is 23.3 Å². The summed E-state index contributed by atoms with van der Waals surface area (Å²) in [4.78, 5) is 10.5. The van der Waals surface area contributed by atoms with E-state index in [0.29, 0.717) is 0 Å². The summed E-state index contributed by atoms with van der Waals surface area (Å²) in [5.41, 5.74) is 5.36. The quantitative estimate of drug-likeness (QED) is 0.801. The molecule has 3 nitrogen and oxygen atoms in total. The van der Waals surface area contributed by atoms with Crippen LogP contribution in [0.3, 0.4) is 0 Å². The van der Waals surface area contributed by atoms with Gasteiger partial charge in [-0.05, 0) is 31.6 Å². The lowest BCUT2D eigenvalue weighted by molar-refractivity contribution is -0.184. The van der Waals surface area contributed by atoms with E-state index < -0.39 is 24.1 Å². The number of carbonyl (C=O) groups is 1. The molecule has 1 atom stereocenters. The molecule has 1 saturated carbocycles. The molecule has 0 aromatic rings. The molecule has 0 unspecified atom stereocenters. The number of rotatable bonds is 2. The van der Waals surface area contributed by atoms with Crippen LogP contribution in [0.5, 0.6) is 0 Å². The zero-order valence-corrected chi connectivity index (χ0v) is 9.35. The molecule has 3 N–H and O–H groups in total. The van der Waals surface area contributed by atoms with Crippen molar-refractivity contribution >= 4 is 18.4 Å². The van der Waals surface area contributed by atoms with E-state index in [1.54, 1.807) is 0 Å². The Labute approximate surface area is 97.6 Å². The molecule has 1 fully saturated rings. The van der Waals surface area contributed by atoms with Crippen molar-refractivity contribution in [2.45, 2.75) is 37.9 Å². The molecule has 0 aromatic carbocycles. The van der Waals surface area contributed by atoms with Crippen molar-refractivity contribution in [3.8, 4) is 0 Å². The minimum atomic E-state index is -4.15. The monoisotopic (exact) mass is 261 g/mol. The third-order valence-corrected chi connectivity index (χ3v) is 3.03. The zero-order chi connectivity index (χ0) is 11.6. The second kappa shape index (κ2) is 5.72. The van der Waals surface area contributed by atoms with Gasteiger partial charge >= 0.3 is 12.1 Å². The molecule has 16 heavy (non-hydrogen) atoms. The first kappa shape index (κ1) is 15.5. The Morgan fingerprint density at radius 3 is 2.00 bits per heavy atom. The van der Waals surface area contributed by atoms with E-state index in [1.807, 2.05) is 0 Å². The Kier molecular flexibility index (Phi) is 5.55. The Morgan fingerprint density at radius 2 is 1.69 bits per heavy atom. The molecule has 0 heterocycles. The van der Waals surface area contributed by atoms with Crippen molar-refractivity contribution < 1.29 is 23.1 Å². The lowest BCUT2D eigenvalue weighted by Crippen LogP contribution is -2.41. The van der Waals surface area contributed by atoms with Crippen molar-refractivity contribution in [1.82, 2.24) is 0 Å². The summed E-state index contributed by atoms with van der Waals surface area (Å²) in [6, 6.07) is -1.03. The summed E-state index contributed by atoms with van der Waals surface area (Å²) < 4.78 is 36.8. The highest BCUT2D eigenvalue weighted by Gasteiger charge is 2.42. The van der Waals surface area contributed by atoms with Gasteiger partial charge in [0.2, 0.25) is 0 Å². The molecular formula is C9H15ClF3NO2. The van der Waals surface area contributed by atoms with E-state index in [0.717, 1.165) is 0 Å². The SMILES string of the molecule is Cl.N[C@H](C(=O)O)C1CCC(C(F)(F)F)CC1. The highest BCUT2D eigenvalue weighted by Crippen LogP contribution is 2.40. The molecule has 0 aromatic heterocycles. The van der Waals surface area contributed by atoms with Crippen LogP contribution in [-0.2, 0) is 4.79 Å². The van der Waals surface area contributed by atoms with Gasteiger partial charge in [0.15, 0.2) is 0 Å². The summed E-state index contributed by atoms with van der Waals surface area (Å²) in [5.74, 6) is -2.73. The summed E-state index contributed by atoms with van der Waals surface area (Å²) >= 11 is 0. The predicted molar refractivity (Wildman–Crippen MR) is 54.4 cm³/mol. The molecule has 0 spiro atoms. The molecule has 0 radical (unpaired) electrons. The molecule has 96 valence electrons. The maximum Gasteiger partial charge on any atom is 0.391 e. The molecule has 7 heteroatoms. The van der Waals surface area contributed by atoms with Crippen LogP contribution >= 0.6 is 12.4 Å². The van der Waals surface area contributed by atoms with Gasteiger partial charge in [0.25, 0.3) is 0 Å². The van der Waals surface area contributed by atoms with Crippen LogP contribution in [0.1, 0.15) is 25.7 Å². The van der Waals surface area contributed by atoms with Crippen LogP contribution < -0.4 is 5.73 Å². The topological polar surface area (TPSA) is 63.3 Å². The van der Waals surface area contributed by atoms with Crippen LogP contribution in [0.25, 0.3) is 0 Å². The van der Waals surface area contributed by atoms with Crippen molar-refractivity contribution in [2.75, 3.05) is 0 Å². The standard InChI is InChI=1S/C9H14F3NO2.ClH/c10-9(11,12)6-3-1-5(2-4-6)7(13)8(14)15;/h5-7H,1-4,13H2,(H,14,15);1H/t5?,6?,7-;/m0./s1. The first-order valence-electron chi connectivity index (χ1n) is 4.87. The first-order valence-corrected chi connectivity index (χ1v) is 4.87. The molecule has 0 bridgehead atoms. The first-order chi connectivity index (χ1) is 6.82. The number of hydrogen-bond acceptors (Lipinski definition) is 2. The van der Waals surface area contributed by atoms with Gasteiger partial charge in [-0.3, -0.25) is 4.79 Å². The molecule has 1 rings (SSSR count). The van der Waals surface area contributed by atoms with Crippen molar-refractivity contribution in [3.63, 3.8) is 0 Å². The van der Waals surface area contributed by atoms with E-state index in [4.69, 9.17) is 10.8 Å². The fourth-order valence-corrected chi connectivity index (χ4v) is 2.01. The van der Waals surface area contributed by atoms with E-state index in [9.17, 15) is 18.0 Å². The average molecular weight is 262 g/mol. The van der Waals surface area contributed by atoms with E-state index in [2.05, 4.69) is 0 Å². The van der Waals surface area contributed by atoms with Gasteiger partial charge in [0.05, 0.1) is 5.92 Å². The maximum absolute atomic E-state index is 12.3. The Hall–Kier alpha value is -0.490. The van der Waals surface area contributed by atoms with Gasteiger partial charge < -0.3 is 10.8 Å². The number of hydrogen-bond donors (Lipinski definition) is 2. The summed E-state index contributed by atoms with van der Waals surface area (Å²) in [6.07, 6.45) is -3.67. The Morgan fingerprint density at radius 1 is 1.25 bits per heavy atom. The summed E-state index contributed by atoms with van der Waals surface area (Å²) in [5, 5.41) is 8.61. The highest BCUT2D eigenvalue weighted by atomic mass is 35.5. The lowest BCUT2D eigenvalue weighted by atomic mass is 9.78.